The van der Waals surface area contributed by atoms with Gasteiger partial charge in [0, 0.05) is 17.8 Å². The molecule has 1 saturated heterocycles. The standard InChI is InChI=1S/C26H33ClN4O4/c1-14-8-18(12-33-14)9-23-15(2)25(24-16(3)31-35-17(24)4)30-26(29-23)21-10-20(6-7-22(21)27)34-13-19(32)11-28-5/h6-7,10,14,18-19,28,32H,8-9,11-13H2,1-5H3/t14-,18+,19+/m0/s1. The van der Waals surface area contributed by atoms with E-state index in [1.165, 1.54) is 0 Å². The van der Waals surface area contributed by atoms with E-state index in [1.807, 2.05) is 26.8 Å². The number of benzene rings is 1. The maximum absolute atomic E-state index is 10.0. The second kappa shape index (κ2) is 11.0. The first kappa shape index (κ1) is 25.6. The number of halogens is 1. The fraction of sp³-hybridized carbons (Fsp3) is 0.500. The molecule has 9 heteroatoms. The van der Waals surface area contributed by atoms with E-state index in [4.69, 9.17) is 35.6 Å². The molecule has 4 rings (SSSR count). The normalized spacial score (nSPS) is 18.7. The number of aromatic nitrogens is 3. The van der Waals surface area contributed by atoms with Crippen LogP contribution in [0.5, 0.6) is 5.75 Å². The van der Waals surface area contributed by atoms with Crippen molar-refractivity contribution in [3.8, 4) is 28.4 Å². The van der Waals surface area contributed by atoms with Crippen molar-refractivity contribution in [1.29, 1.82) is 0 Å². The van der Waals surface area contributed by atoms with E-state index < -0.39 is 6.10 Å². The summed E-state index contributed by atoms with van der Waals surface area (Å²) >= 11 is 6.62. The lowest BCUT2D eigenvalue weighted by molar-refractivity contribution is 0.108. The first-order valence-electron chi connectivity index (χ1n) is 11.9. The fourth-order valence-electron chi connectivity index (χ4n) is 4.52. The first-order chi connectivity index (χ1) is 16.8. The SMILES string of the molecule is CNC[C@@H](O)COc1ccc(Cl)c(-c2nc(C[C@@H]3CO[C@@H](C)C3)c(C)c(-c3c(C)noc3C)n2)c1. The van der Waals surface area contributed by atoms with Gasteiger partial charge >= 0.3 is 0 Å². The van der Waals surface area contributed by atoms with Crippen molar-refractivity contribution in [3.63, 3.8) is 0 Å². The van der Waals surface area contributed by atoms with Crippen LogP contribution in [-0.4, -0.2) is 59.2 Å². The molecule has 2 aromatic heterocycles. The molecular weight excluding hydrogens is 468 g/mol. The molecule has 0 amide bonds. The van der Waals surface area contributed by atoms with Crippen LogP contribution in [0.4, 0.5) is 0 Å². The molecule has 0 unspecified atom stereocenters. The van der Waals surface area contributed by atoms with Crippen LogP contribution >= 0.6 is 11.6 Å². The predicted molar refractivity (Wildman–Crippen MR) is 135 cm³/mol. The minimum Gasteiger partial charge on any atom is -0.491 e. The van der Waals surface area contributed by atoms with Gasteiger partial charge in [-0.15, -0.1) is 0 Å². The van der Waals surface area contributed by atoms with Crippen LogP contribution in [0.15, 0.2) is 22.7 Å². The molecule has 188 valence electrons. The molecule has 3 heterocycles. The fourth-order valence-corrected chi connectivity index (χ4v) is 4.72. The Kier molecular flexibility index (Phi) is 8.06. The summed E-state index contributed by atoms with van der Waals surface area (Å²) < 4.78 is 17.1. The number of nitrogens with zero attached hydrogens (tertiary/aromatic N) is 3. The molecule has 2 N–H and O–H groups in total. The number of nitrogens with one attached hydrogen (secondary N) is 1. The predicted octanol–water partition coefficient (Wildman–Crippen LogP) is 4.30. The highest BCUT2D eigenvalue weighted by Gasteiger charge is 2.26. The van der Waals surface area contributed by atoms with Gasteiger partial charge in [0.05, 0.1) is 34.7 Å². The van der Waals surface area contributed by atoms with Crippen LogP contribution in [0.1, 0.15) is 36.1 Å². The van der Waals surface area contributed by atoms with Crippen molar-refractivity contribution >= 4 is 11.6 Å². The molecule has 0 radical (unpaired) electrons. The van der Waals surface area contributed by atoms with Gasteiger partial charge in [0.2, 0.25) is 0 Å². The molecule has 3 atom stereocenters. The van der Waals surface area contributed by atoms with E-state index in [2.05, 4.69) is 17.4 Å². The van der Waals surface area contributed by atoms with Crippen LogP contribution in [0.25, 0.3) is 22.6 Å². The Morgan fingerprint density at radius 1 is 1.26 bits per heavy atom. The lowest BCUT2D eigenvalue weighted by Gasteiger charge is -2.16. The van der Waals surface area contributed by atoms with Crippen LogP contribution in [0.3, 0.4) is 0 Å². The second-order valence-electron chi connectivity index (χ2n) is 9.28. The summed E-state index contributed by atoms with van der Waals surface area (Å²) in [6, 6.07) is 5.36. The highest BCUT2D eigenvalue weighted by Crippen LogP contribution is 2.36. The molecule has 35 heavy (non-hydrogen) atoms. The van der Waals surface area contributed by atoms with Gasteiger partial charge in [-0.2, -0.15) is 0 Å². The van der Waals surface area contributed by atoms with Gasteiger partial charge in [-0.25, -0.2) is 9.97 Å². The van der Waals surface area contributed by atoms with E-state index in [-0.39, 0.29) is 12.7 Å². The summed E-state index contributed by atoms with van der Waals surface area (Å²) in [5.41, 5.74) is 5.07. The summed E-state index contributed by atoms with van der Waals surface area (Å²) in [5, 5.41) is 17.6. The summed E-state index contributed by atoms with van der Waals surface area (Å²) in [6.07, 6.45) is 1.42. The molecule has 0 aliphatic carbocycles. The molecule has 1 fully saturated rings. The highest BCUT2D eigenvalue weighted by atomic mass is 35.5. The zero-order valence-corrected chi connectivity index (χ0v) is 21.6. The molecule has 1 aliphatic rings. The van der Waals surface area contributed by atoms with Gasteiger partial charge < -0.3 is 24.4 Å². The maximum Gasteiger partial charge on any atom is 0.161 e. The Morgan fingerprint density at radius 3 is 2.71 bits per heavy atom. The highest BCUT2D eigenvalue weighted by molar-refractivity contribution is 6.33. The maximum atomic E-state index is 10.0. The Hall–Kier alpha value is -2.52. The Bertz CT molecular complexity index is 1160. The quantitative estimate of drug-likeness (QED) is 0.448. The average Bonchev–Trinajstić information content (AvgIpc) is 3.39. The number of aliphatic hydroxyl groups excluding tert-OH is 1. The number of aliphatic hydroxyl groups is 1. The number of hydrogen-bond donors (Lipinski definition) is 2. The van der Waals surface area contributed by atoms with Gasteiger partial charge in [0.15, 0.2) is 5.82 Å². The number of likely N-dealkylation sites (N-methyl/N-ethyl adjacent to an activating group) is 1. The monoisotopic (exact) mass is 500 g/mol. The topological polar surface area (TPSA) is 103 Å². The number of hydrogen-bond acceptors (Lipinski definition) is 8. The van der Waals surface area contributed by atoms with Gasteiger partial charge in [0.1, 0.15) is 24.2 Å². The average molecular weight is 501 g/mol. The van der Waals surface area contributed by atoms with E-state index >= 15 is 0 Å². The summed E-state index contributed by atoms with van der Waals surface area (Å²) in [5.74, 6) is 2.20. The van der Waals surface area contributed by atoms with Crippen LogP contribution in [0, 0.1) is 26.7 Å². The van der Waals surface area contributed by atoms with E-state index in [0.29, 0.717) is 40.4 Å². The van der Waals surface area contributed by atoms with Crippen LogP contribution in [-0.2, 0) is 11.2 Å². The van der Waals surface area contributed by atoms with Crippen molar-refractivity contribution in [2.75, 3.05) is 26.8 Å². The lowest BCUT2D eigenvalue weighted by Crippen LogP contribution is -2.29. The largest absolute Gasteiger partial charge is 0.491 e. The molecular formula is C26H33ClN4O4. The molecule has 0 bridgehead atoms. The first-order valence-corrected chi connectivity index (χ1v) is 12.3. The van der Waals surface area contributed by atoms with Crippen molar-refractivity contribution in [3.05, 3.63) is 45.9 Å². The van der Waals surface area contributed by atoms with Gasteiger partial charge in [-0.05, 0) is 77.3 Å². The van der Waals surface area contributed by atoms with Crippen molar-refractivity contribution in [2.45, 2.75) is 52.7 Å². The lowest BCUT2D eigenvalue weighted by atomic mass is 9.95. The molecule has 0 spiro atoms. The Balaban J connectivity index is 1.76. The third-order valence-electron chi connectivity index (χ3n) is 6.34. The van der Waals surface area contributed by atoms with Crippen molar-refractivity contribution in [1.82, 2.24) is 20.4 Å². The van der Waals surface area contributed by atoms with Gasteiger partial charge in [-0.3, -0.25) is 0 Å². The van der Waals surface area contributed by atoms with Gasteiger partial charge in [0.25, 0.3) is 0 Å². The number of rotatable bonds is 9. The zero-order chi connectivity index (χ0) is 25.1. The molecule has 8 nitrogen and oxygen atoms in total. The molecule has 0 saturated carbocycles. The minimum atomic E-state index is -0.622. The molecule has 1 aromatic carbocycles. The van der Waals surface area contributed by atoms with E-state index in [9.17, 15) is 5.11 Å². The Morgan fingerprint density at radius 2 is 2.06 bits per heavy atom. The number of aryl methyl sites for hydroxylation is 2. The third kappa shape index (κ3) is 5.83. The second-order valence-corrected chi connectivity index (χ2v) is 9.69. The van der Waals surface area contributed by atoms with Crippen LogP contribution in [0.2, 0.25) is 5.02 Å². The third-order valence-corrected chi connectivity index (χ3v) is 6.67. The number of ether oxygens (including phenoxy) is 2. The van der Waals surface area contributed by atoms with Crippen molar-refractivity contribution < 1.29 is 19.1 Å². The smallest absolute Gasteiger partial charge is 0.161 e. The molecule has 1 aliphatic heterocycles. The van der Waals surface area contributed by atoms with E-state index in [1.54, 1.807) is 19.2 Å². The summed E-state index contributed by atoms with van der Waals surface area (Å²) in [7, 11) is 1.78. The summed E-state index contributed by atoms with van der Waals surface area (Å²) in [4.78, 5) is 9.91. The van der Waals surface area contributed by atoms with Gasteiger partial charge in [-0.1, -0.05) is 16.8 Å². The van der Waals surface area contributed by atoms with Crippen LogP contribution < -0.4 is 10.1 Å². The zero-order valence-electron chi connectivity index (χ0n) is 20.9. The Labute approximate surface area is 211 Å². The minimum absolute atomic E-state index is 0.159. The molecule has 3 aromatic rings. The summed E-state index contributed by atoms with van der Waals surface area (Å²) in [6.45, 7) is 9.27. The van der Waals surface area contributed by atoms with E-state index in [0.717, 1.165) is 47.7 Å². The van der Waals surface area contributed by atoms with Crippen molar-refractivity contribution in [2.24, 2.45) is 5.92 Å².